The molecule has 0 bridgehead atoms. The van der Waals surface area contributed by atoms with Crippen molar-refractivity contribution in [1.29, 1.82) is 0 Å². The average molecular weight is 249 g/mol. The van der Waals surface area contributed by atoms with Crippen molar-refractivity contribution in [1.82, 2.24) is 4.98 Å². The molecule has 4 nitrogen and oxygen atoms in total. The minimum absolute atomic E-state index is 0.635. The molecule has 0 radical (unpaired) electrons. The summed E-state index contributed by atoms with van der Waals surface area (Å²) in [5, 5.41) is 4.35. The third kappa shape index (κ3) is 2.68. The second-order valence-corrected chi connectivity index (χ2v) is 4.94. The first-order valence-corrected chi connectivity index (χ1v) is 6.10. The van der Waals surface area contributed by atoms with Gasteiger partial charge in [-0.15, -0.1) is 11.3 Å². The number of hydrogen-bond donors (Lipinski definition) is 2. The van der Waals surface area contributed by atoms with Crippen LogP contribution >= 0.6 is 11.3 Å². The van der Waals surface area contributed by atoms with Crippen molar-refractivity contribution in [3.8, 4) is 5.75 Å². The zero-order valence-corrected chi connectivity index (χ0v) is 10.7. The molecule has 0 saturated carbocycles. The molecule has 0 aliphatic heterocycles. The summed E-state index contributed by atoms with van der Waals surface area (Å²) in [5.41, 5.74) is 7.48. The van der Waals surface area contributed by atoms with E-state index < -0.39 is 0 Å². The number of thiazole rings is 1. The Bertz CT molecular complexity index is 510. The van der Waals surface area contributed by atoms with E-state index in [1.165, 1.54) is 4.88 Å². The van der Waals surface area contributed by atoms with Crippen LogP contribution in [0.1, 0.15) is 9.88 Å². The topological polar surface area (TPSA) is 60.2 Å². The molecule has 0 spiro atoms. The predicted molar refractivity (Wildman–Crippen MR) is 71.6 cm³/mol. The highest BCUT2D eigenvalue weighted by Gasteiger charge is 2.05. The standard InChI is InChI=1S/C12H15N3OS/c1-8-14-6-9(17-8)7-15-10-4-3-5-11(16-2)12(10)13/h3-6,15H,7,13H2,1-2H3. The van der Waals surface area contributed by atoms with E-state index in [0.717, 1.165) is 17.2 Å². The number of nitrogens with two attached hydrogens (primary N) is 1. The highest BCUT2D eigenvalue weighted by atomic mass is 32.1. The van der Waals surface area contributed by atoms with Gasteiger partial charge in [-0.05, 0) is 19.1 Å². The number of para-hydroxylation sites is 1. The molecule has 0 aliphatic rings. The van der Waals surface area contributed by atoms with Crippen LogP contribution in [0.2, 0.25) is 0 Å². The number of aryl methyl sites for hydroxylation is 1. The quantitative estimate of drug-likeness (QED) is 0.818. The Morgan fingerprint density at radius 3 is 2.94 bits per heavy atom. The molecule has 0 saturated heterocycles. The second-order valence-electron chi connectivity index (χ2n) is 3.62. The monoisotopic (exact) mass is 249 g/mol. The molecule has 0 amide bonds. The molecule has 2 aromatic rings. The molecule has 0 fully saturated rings. The largest absolute Gasteiger partial charge is 0.495 e. The first kappa shape index (κ1) is 11.7. The van der Waals surface area contributed by atoms with Crippen molar-refractivity contribution in [3.05, 3.63) is 34.3 Å². The minimum atomic E-state index is 0.635. The third-order valence-corrected chi connectivity index (χ3v) is 3.32. The van der Waals surface area contributed by atoms with Gasteiger partial charge in [-0.25, -0.2) is 4.98 Å². The lowest BCUT2D eigenvalue weighted by Crippen LogP contribution is -2.02. The normalized spacial score (nSPS) is 10.2. The van der Waals surface area contributed by atoms with E-state index in [1.54, 1.807) is 18.4 Å². The summed E-state index contributed by atoms with van der Waals surface area (Å²) in [6, 6.07) is 5.69. The van der Waals surface area contributed by atoms with Crippen LogP contribution in [0.25, 0.3) is 0 Å². The number of aromatic nitrogens is 1. The summed E-state index contributed by atoms with van der Waals surface area (Å²) < 4.78 is 5.17. The van der Waals surface area contributed by atoms with E-state index in [9.17, 15) is 0 Å². The molecule has 17 heavy (non-hydrogen) atoms. The maximum atomic E-state index is 5.96. The number of hydrogen-bond acceptors (Lipinski definition) is 5. The average Bonchev–Trinajstić information content (AvgIpc) is 2.74. The minimum Gasteiger partial charge on any atom is -0.495 e. The Morgan fingerprint density at radius 1 is 1.47 bits per heavy atom. The lowest BCUT2D eigenvalue weighted by Gasteiger charge is -2.11. The number of ether oxygens (including phenoxy) is 1. The van der Waals surface area contributed by atoms with E-state index in [0.29, 0.717) is 11.4 Å². The van der Waals surface area contributed by atoms with Crippen molar-refractivity contribution in [3.63, 3.8) is 0 Å². The van der Waals surface area contributed by atoms with Crippen molar-refractivity contribution in [2.24, 2.45) is 0 Å². The van der Waals surface area contributed by atoms with Crippen molar-refractivity contribution < 1.29 is 4.74 Å². The van der Waals surface area contributed by atoms with Crippen LogP contribution in [-0.4, -0.2) is 12.1 Å². The van der Waals surface area contributed by atoms with Crippen LogP contribution in [0.4, 0.5) is 11.4 Å². The number of methoxy groups -OCH3 is 1. The first-order chi connectivity index (χ1) is 8.20. The van der Waals surface area contributed by atoms with Gasteiger partial charge in [0.15, 0.2) is 0 Å². The number of nitrogen functional groups attached to an aromatic ring is 1. The second kappa shape index (κ2) is 5.05. The van der Waals surface area contributed by atoms with Crippen LogP contribution in [-0.2, 0) is 6.54 Å². The van der Waals surface area contributed by atoms with Gasteiger partial charge in [-0.3, -0.25) is 0 Å². The molecule has 5 heteroatoms. The fourth-order valence-electron chi connectivity index (χ4n) is 1.55. The zero-order valence-electron chi connectivity index (χ0n) is 9.86. The van der Waals surface area contributed by atoms with Crippen molar-refractivity contribution >= 4 is 22.7 Å². The molecule has 1 aromatic heterocycles. The van der Waals surface area contributed by atoms with E-state index in [-0.39, 0.29) is 0 Å². The fraction of sp³-hybridized carbons (Fsp3) is 0.250. The van der Waals surface area contributed by atoms with Gasteiger partial charge in [-0.1, -0.05) is 6.07 Å². The number of anilines is 2. The SMILES string of the molecule is COc1cccc(NCc2cnc(C)s2)c1N. The summed E-state index contributed by atoms with van der Waals surface area (Å²) >= 11 is 1.68. The molecule has 2 rings (SSSR count). The van der Waals surface area contributed by atoms with Gasteiger partial charge in [0.2, 0.25) is 0 Å². The van der Waals surface area contributed by atoms with Crippen molar-refractivity contribution in [2.75, 3.05) is 18.2 Å². The first-order valence-electron chi connectivity index (χ1n) is 5.28. The summed E-state index contributed by atoms with van der Waals surface area (Å²) in [7, 11) is 1.61. The smallest absolute Gasteiger partial charge is 0.143 e. The molecular weight excluding hydrogens is 234 g/mol. The summed E-state index contributed by atoms with van der Waals surface area (Å²) in [5.74, 6) is 0.690. The predicted octanol–water partition coefficient (Wildman–Crippen LogP) is 2.65. The summed E-state index contributed by atoms with van der Waals surface area (Å²) in [6.45, 7) is 2.72. The van der Waals surface area contributed by atoms with Crippen LogP contribution in [0.3, 0.4) is 0 Å². The third-order valence-electron chi connectivity index (χ3n) is 2.41. The lowest BCUT2D eigenvalue weighted by atomic mass is 10.2. The molecule has 0 aliphatic carbocycles. The van der Waals surface area contributed by atoms with Gasteiger partial charge in [0.1, 0.15) is 5.75 Å². The van der Waals surface area contributed by atoms with E-state index >= 15 is 0 Å². The molecule has 90 valence electrons. The van der Waals surface area contributed by atoms with Gasteiger partial charge in [0.25, 0.3) is 0 Å². The van der Waals surface area contributed by atoms with E-state index in [4.69, 9.17) is 10.5 Å². The van der Waals surface area contributed by atoms with Gasteiger partial charge in [0, 0.05) is 11.1 Å². The number of nitrogens with zero attached hydrogens (tertiary/aromatic N) is 1. The fourth-order valence-corrected chi connectivity index (χ4v) is 2.28. The van der Waals surface area contributed by atoms with Crippen molar-refractivity contribution in [2.45, 2.75) is 13.5 Å². The Balaban J connectivity index is 2.09. The molecule has 1 heterocycles. The molecular formula is C12H15N3OS. The highest BCUT2D eigenvalue weighted by molar-refractivity contribution is 7.11. The Kier molecular flexibility index (Phi) is 3.49. The summed E-state index contributed by atoms with van der Waals surface area (Å²) in [6.07, 6.45) is 1.88. The number of nitrogens with one attached hydrogen (secondary N) is 1. The summed E-state index contributed by atoms with van der Waals surface area (Å²) in [4.78, 5) is 5.39. The number of benzene rings is 1. The van der Waals surface area contributed by atoms with Crippen LogP contribution < -0.4 is 15.8 Å². The molecule has 0 atom stereocenters. The lowest BCUT2D eigenvalue weighted by molar-refractivity contribution is 0.417. The number of rotatable bonds is 4. The van der Waals surface area contributed by atoms with Gasteiger partial charge < -0.3 is 15.8 Å². The Morgan fingerprint density at radius 2 is 2.29 bits per heavy atom. The van der Waals surface area contributed by atoms with Gasteiger partial charge in [0.05, 0.1) is 30.0 Å². The Labute approximate surface area is 104 Å². The van der Waals surface area contributed by atoms with Gasteiger partial charge in [-0.2, -0.15) is 0 Å². The molecule has 1 aromatic carbocycles. The van der Waals surface area contributed by atoms with E-state index in [1.807, 2.05) is 31.3 Å². The zero-order chi connectivity index (χ0) is 12.3. The van der Waals surface area contributed by atoms with Crippen LogP contribution in [0.15, 0.2) is 24.4 Å². The van der Waals surface area contributed by atoms with Crippen LogP contribution in [0, 0.1) is 6.92 Å². The van der Waals surface area contributed by atoms with E-state index in [2.05, 4.69) is 10.3 Å². The maximum Gasteiger partial charge on any atom is 0.143 e. The maximum absolute atomic E-state index is 5.96. The molecule has 0 unspecified atom stereocenters. The van der Waals surface area contributed by atoms with Gasteiger partial charge >= 0.3 is 0 Å². The molecule has 3 N–H and O–H groups in total. The highest BCUT2D eigenvalue weighted by Crippen LogP contribution is 2.29. The van der Waals surface area contributed by atoms with Crippen LogP contribution in [0.5, 0.6) is 5.75 Å². The Hall–Kier alpha value is -1.75.